The van der Waals surface area contributed by atoms with Crippen molar-refractivity contribution >= 4 is 5.91 Å². The van der Waals surface area contributed by atoms with E-state index in [0.717, 1.165) is 18.4 Å². The fourth-order valence-electron chi connectivity index (χ4n) is 3.16. The summed E-state index contributed by atoms with van der Waals surface area (Å²) in [5.74, 6) is 0.693. The molecule has 1 fully saturated rings. The molecule has 3 N–H and O–H groups in total. The number of phenolic OH excluding ortho intramolecular Hbond substituents is 1. The second-order valence-corrected chi connectivity index (χ2v) is 5.93. The largest absolute Gasteiger partial charge is 0.508 e. The molecular weight excluding hydrogens is 266 g/mol. The van der Waals surface area contributed by atoms with Crippen LogP contribution in [0.5, 0.6) is 5.75 Å². The number of hydrogen-bond donors (Lipinski definition) is 3. The Morgan fingerprint density at radius 2 is 1.86 bits per heavy atom. The van der Waals surface area contributed by atoms with Crippen molar-refractivity contribution in [2.75, 3.05) is 6.61 Å². The maximum Gasteiger partial charge on any atom is 0.224 e. The van der Waals surface area contributed by atoms with E-state index in [9.17, 15) is 15.0 Å². The Labute approximate surface area is 126 Å². The summed E-state index contributed by atoms with van der Waals surface area (Å²) < 4.78 is 0. The summed E-state index contributed by atoms with van der Waals surface area (Å²) in [6, 6.07) is 6.79. The Balaban J connectivity index is 1.89. The van der Waals surface area contributed by atoms with Gasteiger partial charge in [-0.05, 0) is 42.9 Å². The van der Waals surface area contributed by atoms with Crippen molar-refractivity contribution in [1.29, 1.82) is 0 Å². The molecule has 0 aliphatic heterocycles. The lowest BCUT2D eigenvalue weighted by Crippen LogP contribution is -2.42. The molecule has 0 saturated heterocycles. The van der Waals surface area contributed by atoms with E-state index in [0.29, 0.717) is 18.8 Å². The molecule has 0 radical (unpaired) electrons. The topological polar surface area (TPSA) is 69.6 Å². The molecule has 1 aliphatic carbocycles. The van der Waals surface area contributed by atoms with Gasteiger partial charge in [0.05, 0.1) is 6.42 Å². The first-order valence-electron chi connectivity index (χ1n) is 7.87. The summed E-state index contributed by atoms with van der Waals surface area (Å²) in [4.78, 5) is 12.2. The Kier molecular flexibility index (Phi) is 6.05. The summed E-state index contributed by atoms with van der Waals surface area (Å²) >= 11 is 0. The molecule has 1 saturated carbocycles. The van der Waals surface area contributed by atoms with Crippen LogP contribution in [0.1, 0.15) is 44.1 Å². The first-order chi connectivity index (χ1) is 10.2. The van der Waals surface area contributed by atoms with E-state index in [1.165, 1.54) is 19.3 Å². The zero-order valence-corrected chi connectivity index (χ0v) is 12.4. The highest BCUT2D eigenvalue weighted by Gasteiger charge is 2.24. The number of rotatable bonds is 6. The van der Waals surface area contributed by atoms with Crippen molar-refractivity contribution in [1.82, 2.24) is 5.32 Å². The maximum atomic E-state index is 12.2. The molecule has 1 aromatic rings. The molecule has 21 heavy (non-hydrogen) atoms. The van der Waals surface area contributed by atoms with Gasteiger partial charge in [-0.25, -0.2) is 0 Å². The van der Waals surface area contributed by atoms with E-state index in [1.807, 2.05) is 0 Å². The summed E-state index contributed by atoms with van der Waals surface area (Å²) in [5.41, 5.74) is 0.886. The molecule has 1 atom stereocenters. The number of carbonyl (C=O) groups excluding carboxylic acids is 1. The van der Waals surface area contributed by atoms with Gasteiger partial charge in [-0.1, -0.05) is 31.4 Å². The summed E-state index contributed by atoms with van der Waals surface area (Å²) in [5, 5.41) is 21.6. The second kappa shape index (κ2) is 8.03. The zero-order chi connectivity index (χ0) is 15.1. The fraction of sp³-hybridized carbons (Fsp3) is 0.588. The van der Waals surface area contributed by atoms with Crippen molar-refractivity contribution in [3.63, 3.8) is 0 Å². The maximum absolute atomic E-state index is 12.2. The molecule has 1 unspecified atom stereocenters. The summed E-state index contributed by atoms with van der Waals surface area (Å²) in [6.07, 6.45) is 6.96. The van der Waals surface area contributed by atoms with Crippen LogP contribution in [0.2, 0.25) is 0 Å². The van der Waals surface area contributed by atoms with Crippen LogP contribution in [-0.2, 0) is 11.2 Å². The number of nitrogens with one attached hydrogen (secondary N) is 1. The van der Waals surface area contributed by atoms with Gasteiger partial charge in [0.1, 0.15) is 5.75 Å². The smallest absolute Gasteiger partial charge is 0.224 e. The van der Waals surface area contributed by atoms with Gasteiger partial charge in [0.2, 0.25) is 5.91 Å². The van der Waals surface area contributed by atoms with E-state index >= 15 is 0 Å². The SMILES string of the molecule is O=C(Cc1ccc(O)cc1)NC(CCO)C1CCCCC1. The number of benzene rings is 1. The van der Waals surface area contributed by atoms with E-state index in [1.54, 1.807) is 24.3 Å². The molecule has 1 aromatic carbocycles. The molecule has 0 bridgehead atoms. The van der Waals surface area contributed by atoms with Crippen molar-refractivity contribution in [2.45, 2.75) is 51.0 Å². The fourth-order valence-corrected chi connectivity index (χ4v) is 3.16. The average molecular weight is 291 g/mol. The molecule has 1 aliphatic rings. The van der Waals surface area contributed by atoms with Gasteiger partial charge < -0.3 is 15.5 Å². The first kappa shape index (κ1) is 15.8. The molecule has 0 spiro atoms. The highest BCUT2D eigenvalue weighted by molar-refractivity contribution is 5.78. The van der Waals surface area contributed by atoms with Crippen molar-refractivity contribution in [3.8, 4) is 5.75 Å². The number of amides is 1. The van der Waals surface area contributed by atoms with Crippen molar-refractivity contribution < 1.29 is 15.0 Å². The van der Waals surface area contributed by atoms with E-state index in [2.05, 4.69) is 5.32 Å². The van der Waals surface area contributed by atoms with Crippen LogP contribution in [0.3, 0.4) is 0 Å². The van der Waals surface area contributed by atoms with Crippen LogP contribution in [0.4, 0.5) is 0 Å². The number of aromatic hydroxyl groups is 1. The minimum atomic E-state index is -0.00952. The highest BCUT2D eigenvalue weighted by atomic mass is 16.3. The molecule has 4 nitrogen and oxygen atoms in total. The average Bonchev–Trinajstić information content (AvgIpc) is 2.50. The van der Waals surface area contributed by atoms with E-state index in [4.69, 9.17) is 0 Å². The van der Waals surface area contributed by atoms with Gasteiger partial charge in [0.15, 0.2) is 0 Å². The molecule has 0 aromatic heterocycles. The molecule has 2 rings (SSSR count). The Bertz CT molecular complexity index is 438. The lowest BCUT2D eigenvalue weighted by Gasteiger charge is -2.30. The third kappa shape index (κ3) is 5.05. The molecular formula is C17H25NO3. The normalized spacial score (nSPS) is 17.4. The van der Waals surface area contributed by atoms with Crippen LogP contribution < -0.4 is 5.32 Å². The zero-order valence-electron chi connectivity index (χ0n) is 12.4. The van der Waals surface area contributed by atoms with Gasteiger partial charge in [0.25, 0.3) is 0 Å². The number of phenols is 1. The van der Waals surface area contributed by atoms with Crippen LogP contribution >= 0.6 is 0 Å². The Morgan fingerprint density at radius 3 is 2.48 bits per heavy atom. The number of aliphatic hydroxyl groups is 1. The van der Waals surface area contributed by atoms with Gasteiger partial charge >= 0.3 is 0 Å². The molecule has 0 heterocycles. The van der Waals surface area contributed by atoms with Crippen LogP contribution in [0.15, 0.2) is 24.3 Å². The molecule has 116 valence electrons. The van der Waals surface area contributed by atoms with Crippen molar-refractivity contribution in [2.24, 2.45) is 5.92 Å². The minimum absolute atomic E-state index is 0.00952. The number of hydrogen-bond acceptors (Lipinski definition) is 3. The highest BCUT2D eigenvalue weighted by Crippen LogP contribution is 2.27. The van der Waals surface area contributed by atoms with Crippen LogP contribution in [0, 0.1) is 5.92 Å². The predicted octanol–water partition coefficient (Wildman–Crippen LogP) is 2.38. The Hall–Kier alpha value is -1.55. The first-order valence-corrected chi connectivity index (χ1v) is 7.87. The Morgan fingerprint density at radius 1 is 1.19 bits per heavy atom. The monoisotopic (exact) mass is 291 g/mol. The molecule has 1 amide bonds. The number of aliphatic hydroxyl groups excluding tert-OH is 1. The van der Waals surface area contributed by atoms with Crippen LogP contribution in [0.25, 0.3) is 0 Å². The predicted molar refractivity (Wildman–Crippen MR) is 82.0 cm³/mol. The second-order valence-electron chi connectivity index (χ2n) is 5.93. The van der Waals surface area contributed by atoms with Gasteiger partial charge in [-0.3, -0.25) is 4.79 Å². The summed E-state index contributed by atoms with van der Waals surface area (Å²) in [6.45, 7) is 0.112. The lowest BCUT2D eigenvalue weighted by atomic mass is 9.82. The van der Waals surface area contributed by atoms with Crippen molar-refractivity contribution in [3.05, 3.63) is 29.8 Å². The van der Waals surface area contributed by atoms with E-state index < -0.39 is 0 Å². The summed E-state index contributed by atoms with van der Waals surface area (Å²) in [7, 11) is 0. The lowest BCUT2D eigenvalue weighted by molar-refractivity contribution is -0.121. The van der Waals surface area contributed by atoms with E-state index in [-0.39, 0.29) is 24.3 Å². The van der Waals surface area contributed by atoms with Gasteiger partial charge in [-0.15, -0.1) is 0 Å². The molecule has 4 heteroatoms. The quantitative estimate of drug-likeness (QED) is 0.753. The van der Waals surface area contributed by atoms with Crippen LogP contribution in [-0.4, -0.2) is 28.8 Å². The minimum Gasteiger partial charge on any atom is -0.508 e. The standard InChI is InChI=1S/C17H25NO3/c19-11-10-16(14-4-2-1-3-5-14)18-17(21)12-13-6-8-15(20)9-7-13/h6-9,14,16,19-20H,1-5,10-12H2,(H,18,21). The van der Waals surface area contributed by atoms with Gasteiger partial charge in [-0.2, -0.15) is 0 Å². The number of carbonyl (C=O) groups is 1. The van der Waals surface area contributed by atoms with Gasteiger partial charge in [0, 0.05) is 12.6 Å². The third-order valence-electron chi connectivity index (χ3n) is 4.31. The third-order valence-corrected chi connectivity index (χ3v) is 4.31.